The molecule has 11 heteroatoms. The van der Waals surface area contributed by atoms with Crippen LogP contribution in [0.2, 0.25) is 0 Å². The summed E-state index contributed by atoms with van der Waals surface area (Å²) in [5.41, 5.74) is 0. The van der Waals surface area contributed by atoms with Crippen molar-refractivity contribution in [3.63, 3.8) is 0 Å². The number of aliphatic hydroxyl groups excluding tert-OH is 7. The van der Waals surface area contributed by atoms with E-state index in [-0.39, 0.29) is 6.42 Å². The van der Waals surface area contributed by atoms with Gasteiger partial charge in [0.1, 0.15) is 36.6 Å². The van der Waals surface area contributed by atoms with Crippen LogP contribution in [0.3, 0.4) is 0 Å². The molecule has 11 nitrogen and oxygen atoms in total. The van der Waals surface area contributed by atoms with E-state index >= 15 is 0 Å². The molecule has 0 aromatic rings. The van der Waals surface area contributed by atoms with Gasteiger partial charge in [-0.3, -0.25) is 4.79 Å². The van der Waals surface area contributed by atoms with Crippen LogP contribution in [0.5, 0.6) is 0 Å². The molecule has 292 valence electrons. The Morgan fingerprint density at radius 1 is 0.673 bits per heavy atom. The molecule has 8 N–H and O–H groups in total. The highest BCUT2D eigenvalue weighted by molar-refractivity contribution is 5.80. The average Bonchev–Trinajstić information content (AvgIpc) is 3.08. The second-order valence-corrected chi connectivity index (χ2v) is 14.8. The Bertz CT molecular complexity index is 788. The smallest absolute Gasteiger partial charge is 0.249 e. The lowest BCUT2D eigenvalue weighted by Gasteiger charge is -2.40. The fraction of sp³-hybridized carbons (Fsp3) is 0.974. The van der Waals surface area contributed by atoms with Gasteiger partial charge in [-0.2, -0.15) is 0 Å². The van der Waals surface area contributed by atoms with Crippen molar-refractivity contribution in [2.24, 2.45) is 5.92 Å². The van der Waals surface area contributed by atoms with Gasteiger partial charge in [-0.25, -0.2) is 0 Å². The highest BCUT2D eigenvalue weighted by Crippen LogP contribution is 2.23. The molecular formula is C38H75NO10. The van der Waals surface area contributed by atoms with Crippen LogP contribution in [-0.4, -0.2) is 110 Å². The largest absolute Gasteiger partial charge is 0.394 e. The number of ether oxygens (including phenoxy) is 2. The molecule has 1 rings (SSSR count). The third kappa shape index (κ3) is 20.7. The van der Waals surface area contributed by atoms with Gasteiger partial charge in [-0.1, -0.05) is 149 Å². The Morgan fingerprint density at radius 2 is 1.14 bits per heavy atom. The molecule has 0 bridgehead atoms. The van der Waals surface area contributed by atoms with Crippen molar-refractivity contribution in [1.29, 1.82) is 0 Å². The summed E-state index contributed by atoms with van der Waals surface area (Å²) in [6.07, 6.45) is 11.8. The second kappa shape index (κ2) is 28.7. The molecule has 1 fully saturated rings. The predicted molar refractivity (Wildman–Crippen MR) is 192 cm³/mol. The van der Waals surface area contributed by atoms with Crippen LogP contribution in [0.4, 0.5) is 0 Å². The lowest BCUT2D eigenvalue weighted by atomic mass is 9.98. The van der Waals surface area contributed by atoms with Gasteiger partial charge in [0.2, 0.25) is 5.91 Å². The zero-order chi connectivity index (χ0) is 36.4. The molecule has 0 aromatic heterocycles. The highest BCUT2D eigenvalue weighted by Gasteiger charge is 2.44. The Morgan fingerprint density at radius 3 is 1.63 bits per heavy atom. The third-order valence-electron chi connectivity index (χ3n) is 9.84. The molecular weight excluding hydrogens is 630 g/mol. The lowest BCUT2D eigenvalue weighted by molar-refractivity contribution is -0.303. The summed E-state index contributed by atoms with van der Waals surface area (Å²) in [7, 11) is 0. The van der Waals surface area contributed by atoms with Crippen molar-refractivity contribution >= 4 is 5.91 Å². The molecule has 0 saturated carbocycles. The first-order valence-electron chi connectivity index (χ1n) is 19.8. The summed E-state index contributed by atoms with van der Waals surface area (Å²) in [6, 6.07) is -1.16. The number of hydrogen-bond donors (Lipinski definition) is 8. The monoisotopic (exact) mass is 706 g/mol. The molecule has 0 radical (unpaired) electrons. The molecule has 9 unspecified atom stereocenters. The summed E-state index contributed by atoms with van der Waals surface area (Å²) in [5.74, 6) is 0.0285. The van der Waals surface area contributed by atoms with Crippen LogP contribution >= 0.6 is 0 Å². The van der Waals surface area contributed by atoms with E-state index in [4.69, 9.17) is 9.47 Å². The minimum absolute atomic E-state index is 0.264. The van der Waals surface area contributed by atoms with Crippen molar-refractivity contribution in [3.05, 3.63) is 0 Å². The van der Waals surface area contributed by atoms with Crippen molar-refractivity contribution in [3.8, 4) is 0 Å². The SMILES string of the molecule is CCCCCCCCCCCCCCC(O)C(=O)NC(COC1OC(CO)C(O)C(O)C1O)C(O)C(O)CCCCCCCCCC(C)C. The number of hydrogen-bond acceptors (Lipinski definition) is 10. The van der Waals surface area contributed by atoms with Gasteiger partial charge in [-0.05, 0) is 18.8 Å². The molecule has 1 saturated heterocycles. The number of aliphatic hydroxyl groups is 7. The quantitative estimate of drug-likeness (QED) is 0.0473. The fourth-order valence-electron chi connectivity index (χ4n) is 6.45. The zero-order valence-corrected chi connectivity index (χ0v) is 31.1. The van der Waals surface area contributed by atoms with Gasteiger partial charge in [0.25, 0.3) is 0 Å². The average molecular weight is 706 g/mol. The van der Waals surface area contributed by atoms with Gasteiger partial charge in [0.15, 0.2) is 6.29 Å². The van der Waals surface area contributed by atoms with Gasteiger partial charge in [-0.15, -0.1) is 0 Å². The van der Waals surface area contributed by atoms with E-state index in [1.165, 1.54) is 77.0 Å². The van der Waals surface area contributed by atoms with E-state index in [9.17, 15) is 40.5 Å². The van der Waals surface area contributed by atoms with Crippen molar-refractivity contribution in [1.82, 2.24) is 5.32 Å². The number of amides is 1. The summed E-state index contributed by atoms with van der Waals surface area (Å²) in [5, 5.41) is 75.1. The summed E-state index contributed by atoms with van der Waals surface area (Å²) in [4.78, 5) is 13.0. The lowest BCUT2D eigenvalue weighted by Crippen LogP contribution is -2.60. The maximum Gasteiger partial charge on any atom is 0.249 e. The molecule has 1 amide bonds. The van der Waals surface area contributed by atoms with Crippen LogP contribution in [-0.2, 0) is 14.3 Å². The number of nitrogens with one attached hydrogen (secondary N) is 1. The molecule has 1 aliphatic rings. The Hall–Kier alpha value is -0.890. The van der Waals surface area contributed by atoms with E-state index in [1.54, 1.807) is 0 Å². The number of unbranched alkanes of at least 4 members (excludes halogenated alkanes) is 17. The normalized spacial score (nSPS) is 23.8. The second-order valence-electron chi connectivity index (χ2n) is 14.8. The van der Waals surface area contributed by atoms with E-state index in [0.717, 1.165) is 44.4 Å². The molecule has 1 heterocycles. The first-order valence-corrected chi connectivity index (χ1v) is 19.8. The first-order chi connectivity index (χ1) is 23.5. The molecule has 9 atom stereocenters. The Kier molecular flexibility index (Phi) is 27.0. The molecule has 0 aromatic carbocycles. The minimum Gasteiger partial charge on any atom is -0.394 e. The van der Waals surface area contributed by atoms with Crippen molar-refractivity contribution < 1.29 is 50.0 Å². The number of carbonyl (C=O) groups is 1. The number of rotatable bonds is 31. The summed E-state index contributed by atoms with van der Waals surface area (Å²) >= 11 is 0. The van der Waals surface area contributed by atoms with Crippen molar-refractivity contribution in [2.75, 3.05) is 13.2 Å². The predicted octanol–water partition coefficient (Wildman–Crippen LogP) is 4.63. The van der Waals surface area contributed by atoms with E-state index in [2.05, 4.69) is 26.1 Å². The zero-order valence-electron chi connectivity index (χ0n) is 31.1. The van der Waals surface area contributed by atoms with Gasteiger partial charge in [0, 0.05) is 0 Å². The molecule has 49 heavy (non-hydrogen) atoms. The van der Waals surface area contributed by atoms with Crippen LogP contribution < -0.4 is 5.32 Å². The standard InChI is InChI=1S/C38H75NO10/c1-4-5-6-7-8-9-10-11-12-15-19-22-25-31(42)37(47)39-29(27-48-38-36(46)35(45)34(44)32(26-40)49-38)33(43)30(41)24-21-18-16-13-14-17-20-23-28(2)3/h28-36,38,40-46H,4-27H2,1-3H3,(H,39,47). The molecule has 0 spiro atoms. The van der Waals surface area contributed by atoms with E-state index in [0.29, 0.717) is 19.3 Å². The maximum atomic E-state index is 13.0. The maximum absolute atomic E-state index is 13.0. The van der Waals surface area contributed by atoms with Crippen molar-refractivity contribution in [2.45, 2.75) is 217 Å². The highest BCUT2D eigenvalue weighted by atomic mass is 16.7. The topological polar surface area (TPSA) is 189 Å². The van der Waals surface area contributed by atoms with E-state index < -0.39 is 74.2 Å². The van der Waals surface area contributed by atoms with E-state index in [1.807, 2.05) is 0 Å². The molecule has 0 aliphatic carbocycles. The van der Waals surface area contributed by atoms with Crippen LogP contribution in [0.25, 0.3) is 0 Å². The first kappa shape index (κ1) is 46.1. The van der Waals surface area contributed by atoms with Gasteiger partial charge < -0.3 is 50.5 Å². The number of carbonyl (C=O) groups excluding carboxylic acids is 1. The fourth-order valence-corrected chi connectivity index (χ4v) is 6.45. The minimum atomic E-state index is -1.65. The van der Waals surface area contributed by atoms with Gasteiger partial charge in [0.05, 0.1) is 25.4 Å². The summed E-state index contributed by atoms with van der Waals surface area (Å²) in [6.45, 7) is 5.65. The van der Waals surface area contributed by atoms with Gasteiger partial charge >= 0.3 is 0 Å². The summed E-state index contributed by atoms with van der Waals surface area (Å²) < 4.78 is 11.0. The van der Waals surface area contributed by atoms with Crippen LogP contribution in [0, 0.1) is 5.92 Å². The third-order valence-corrected chi connectivity index (χ3v) is 9.84. The molecule has 1 aliphatic heterocycles. The Labute approximate surface area is 297 Å². The Balaban J connectivity index is 2.56. The van der Waals surface area contributed by atoms with Crippen LogP contribution in [0.1, 0.15) is 162 Å². The van der Waals surface area contributed by atoms with Crippen LogP contribution in [0.15, 0.2) is 0 Å².